The molecule has 166 valence electrons. The number of benzene rings is 2. The zero-order valence-corrected chi connectivity index (χ0v) is 19.1. The Balaban J connectivity index is 1.98. The van der Waals surface area contributed by atoms with E-state index in [-0.39, 0.29) is 30.1 Å². The summed E-state index contributed by atoms with van der Waals surface area (Å²) in [5, 5.41) is 0. The summed E-state index contributed by atoms with van der Waals surface area (Å²) in [6.45, 7) is 7.80. The average molecular weight is 426 g/mol. The van der Waals surface area contributed by atoms with E-state index in [1.807, 2.05) is 70.2 Å². The van der Waals surface area contributed by atoms with Crippen molar-refractivity contribution in [1.82, 2.24) is 0 Å². The van der Waals surface area contributed by atoms with Crippen LogP contribution in [-0.4, -0.2) is 31.7 Å². The van der Waals surface area contributed by atoms with Gasteiger partial charge in [0.2, 0.25) is 5.91 Å². The molecule has 0 aromatic heterocycles. The third kappa shape index (κ3) is 5.01. The number of para-hydroxylation sites is 1. The zero-order valence-electron chi connectivity index (χ0n) is 19.1. The molecule has 6 heteroatoms. The van der Waals surface area contributed by atoms with Crippen molar-refractivity contribution in [2.45, 2.75) is 52.2 Å². The van der Waals surface area contributed by atoms with Crippen molar-refractivity contribution in [2.75, 3.05) is 19.1 Å². The van der Waals surface area contributed by atoms with Gasteiger partial charge < -0.3 is 19.1 Å². The zero-order chi connectivity index (χ0) is 22.8. The predicted octanol–water partition coefficient (Wildman–Crippen LogP) is 4.70. The van der Waals surface area contributed by atoms with E-state index in [2.05, 4.69) is 0 Å². The summed E-state index contributed by atoms with van der Waals surface area (Å²) in [7, 11) is 3.21. The van der Waals surface area contributed by atoms with Gasteiger partial charge in [0, 0.05) is 11.8 Å². The van der Waals surface area contributed by atoms with Gasteiger partial charge in [0.05, 0.1) is 32.9 Å². The van der Waals surface area contributed by atoms with E-state index >= 15 is 0 Å². The molecule has 0 unspecified atom stereocenters. The second-order valence-electron chi connectivity index (χ2n) is 8.86. The van der Waals surface area contributed by atoms with Crippen LogP contribution in [0.2, 0.25) is 0 Å². The number of esters is 1. The van der Waals surface area contributed by atoms with Gasteiger partial charge in [0.1, 0.15) is 17.1 Å². The summed E-state index contributed by atoms with van der Waals surface area (Å²) in [4.78, 5) is 27.8. The Bertz CT molecular complexity index is 945. The first-order chi connectivity index (χ1) is 14.6. The van der Waals surface area contributed by atoms with Crippen molar-refractivity contribution in [3.8, 4) is 11.5 Å². The number of carbonyl (C=O) groups excluding carboxylic acids is 2. The highest BCUT2D eigenvalue weighted by Gasteiger charge is 2.40. The van der Waals surface area contributed by atoms with E-state index in [0.29, 0.717) is 12.3 Å². The van der Waals surface area contributed by atoms with Gasteiger partial charge in [-0.3, -0.25) is 9.59 Å². The Morgan fingerprint density at radius 3 is 2.29 bits per heavy atom. The summed E-state index contributed by atoms with van der Waals surface area (Å²) in [5.41, 5.74) is 2.04. The van der Waals surface area contributed by atoms with E-state index in [0.717, 1.165) is 22.6 Å². The van der Waals surface area contributed by atoms with Gasteiger partial charge >= 0.3 is 5.97 Å². The second kappa shape index (κ2) is 9.00. The third-order valence-corrected chi connectivity index (χ3v) is 5.48. The first kappa shape index (κ1) is 22.7. The molecule has 0 aliphatic carbocycles. The molecule has 3 rings (SSSR count). The maximum absolute atomic E-state index is 13.5. The van der Waals surface area contributed by atoms with Crippen molar-refractivity contribution in [1.29, 1.82) is 0 Å². The van der Waals surface area contributed by atoms with Gasteiger partial charge in [-0.1, -0.05) is 31.2 Å². The molecule has 1 amide bonds. The predicted molar refractivity (Wildman–Crippen MR) is 120 cm³/mol. The number of hydrogen-bond donors (Lipinski definition) is 0. The molecule has 0 bridgehead atoms. The monoisotopic (exact) mass is 425 g/mol. The maximum atomic E-state index is 13.5. The number of fused-ring (bicyclic) bond motifs is 1. The Morgan fingerprint density at radius 1 is 1.03 bits per heavy atom. The number of anilines is 1. The molecule has 1 aliphatic rings. The fraction of sp³-hybridized carbons (Fsp3) is 0.440. The lowest BCUT2D eigenvalue weighted by atomic mass is 9.79. The van der Waals surface area contributed by atoms with Crippen LogP contribution >= 0.6 is 0 Å². The molecule has 31 heavy (non-hydrogen) atoms. The van der Waals surface area contributed by atoms with E-state index < -0.39 is 5.60 Å². The van der Waals surface area contributed by atoms with Crippen LogP contribution in [0.25, 0.3) is 0 Å². The Morgan fingerprint density at radius 2 is 1.71 bits per heavy atom. The summed E-state index contributed by atoms with van der Waals surface area (Å²) in [5.74, 6) is 0.374. The number of ether oxygens (including phenoxy) is 3. The number of rotatable bonds is 6. The van der Waals surface area contributed by atoms with Crippen molar-refractivity contribution in [3.05, 3.63) is 53.6 Å². The lowest BCUT2D eigenvalue weighted by Gasteiger charge is -2.39. The summed E-state index contributed by atoms with van der Waals surface area (Å²) < 4.78 is 16.4. The van der Waals surface area contributed by atoms with Gasteiger partial charge in [-0.2, -0.15) is 0 Å². The molecule has 1 aliphatic heterocycles. The van der Waals surface area contributed by atoms with E-state index in [9.17, 15) is 9.59 Å². The fourth-order valence-corrected chi connectivity index (χ4v) is 4.01. The number of hydrogen-bond acceptors (Lipinski definition) is 5. The van der Waals surface area contributed by atoms with E-state index in [1.165, 1.54) is 0 Å². The minimum absolute atomic E-state index is 0.0404. The topological polar surface area (TPSA) is 65.1 Å². The molecule has 2 aromatic rings. The normalized spacial score (nSPS) is 18.4. The largest absolute Gasteiger partial charge is 0.497 e. The molecule has 0 radical (unpaired) electrons. The van der Waals surface area contributed by atoms with Crippen molar-refractivity contribution in [2.24, 2.45) is 5.92 Å². The van der Waals surface area contributed by atoms with Crippen LogP contribution in [0, 0.1) is 5.92 Å². The average Bonchev–Trinajstić information content (AvgIpc) is 2.73. The minimum Gasteiger partial charge on any atom is -0.497 e. The molecule has 0 saturated carbocycles. The number of carbonyl (C=O) groups is 2. The first-order valence-electron chi connectivity index (χ1n) is 10.5. The number of methoxy groups -OCH3 is 2. The molecule has 0 saturated heterocycles. The van der Waals surface area contributed by atoms with Crippen molar-refractivity contribution < 1.29 is 23.8 Å². The molecule has 0 fully saturated rings. The highest BCUT2D eigenvalue weighted by atomic mass is 16.6. The van der Waals surface area contributed by atoms with Crippen LogP contribution < -0.4 is 14.4 Å². The highest BCUT2D eigenvalue weighted by Crippen LogP contribution is 2.46. The molecule has 0 spiro atoms. The maximum Gasteiger partial charge on any atom is 0.306 e. The van der Waals surface area contributed by atoms with Crippen LogP contribution in [0.3, 0.4) is 0 Å². The molecule has 1 heterocycles. The Kier molecular flexibility index (Phi) is 6.58. The molecule has 2 aromatic carbocycles. The van der Waals surface area contributed by atoms with Gasteiger partial charge in [0.15, 0.2) is 0 Å². The van der Waals surface area contributed by atoms with Gasteiger partial charge in [-0.05, 0) is 50.1 Å². The SMILES string of the molecule is COc1ccc(CN2C(=O)[C@H](C)[C@@H](CC(=O)OC(C)(C)C)c3cccc(OC)c32)cc1. The Labute approximate surface area is 184 Å². The second-order valence-corrected chi connectivity index (χ2v) is 8.86. The standard InChI is InChI=1S/C25H31NO5/c1-16-20(14-22(27)31-25(2,3)4)19-8-7-9-21(30-6)23(19)26(24(16)28)15-17-10-12-18(29-5)13-11-17/h7-13,16,20H,14-15H2,1-6H3/t16-,20-/m1/s1. The Hall–Kier alpha value is -3.02. The minimum atomic E-state index is -0.573. The number of amides is 1. The molecule has 2 atom stereocenters. The quantitative estimate of drug-likeness (QED) is 0.628. The van der Waals surface area contributed by atoms with Crippen LogP contribution in [0.5, 0.6) is 11.5 Å². The third-order valence-electron chi connectivity index (χ3n) is 5.48. The van der Waals surface area contributed by atoms with Gasteiger partial charge in [-0.15, -0.1) is 0 Å². The van der Waals surface area contributed by atoms with Crippen LogP contribution in [0.4, 0.5) is 5.69 Å². The van der Waals surface area contributed by atoms with Crippen LogP contribution in [0.15, 0.2) is 42.5 Å². The van der Waals surface area contributed by atoms with Crippen molar-refractivity contribution in [3.63, 3.8) is 0 Å². The van der Waals surface area contributed by atoms with E-state index in [1.54, 1.807) is 19.1 Å². The summed E-state index contributed by atoms with van der Waals surface area (Å²) in [6, 6.07) is 13.3. The molecular formula is C25H31NO5. The fourth-order valence-electron chi connectivity index (χ4n) is 4.01. The lowest BCUT2D eigenvalue weighted by Crippen LogP contribution is -2.43. The van der Waals surface area contributed by atoms with Crippen LogP contribution in [-0.2, 0) is 20.9 Å². The van der Waals surface area contributed by atoms with Crippen LogP contribution in [0.1, 0.15) is 51.2 Å². The summed E-state index contributed by atoms with van der Waals surface area (Å²) in [6.07, 6.45) is 0.140. The number of nitrogens with zero attached hydrogens (tertiary/aromatic N) is 1. The smallest absolute Gasteiger partial charge is 0.306 e. The molecular weight excluding hydrogens is 394 g/mol. The summed E-state index contributed by atoms with van der Waals surface area (Å²) >= 11 is 0. The highest BCUT2D eigenvalue weighted by molar-refractivity contribution is 6.00. The van der Waals surface area contributed by atoms with Gasteiger partial charge in [-0.25, -0.2) is 0 Å². The molecule has 6 nitrogen and oxygen atoms in total. The first-order valence-corrected chi connectivity index (χ1v) is 10.5. The van der Waals surface area contributed by atoms with Gasteiger partial charge in [0.25, 0.3) is 0 Å². The molecule has 0 N–H and O–H groups in total. The lowest BCUT2D eigenvalue weighted by molar-refractivity contribution is -0.155. The van der Waals surface area contributed by atoms with E-state index in [4.69, 9.17) is 14.2 Å². The van der Waals surface area contributed by atoms with Crippen molar-refractivity contribution >= 4 is 17.6 Å².